The zero-order valence-corrected chi connectivity index (χ0v) is 11.7. The zero-order chi connectivity index (χ0) is 13.8. The smallest absolute Gasteiger partial charge is 0.0707 e. The zero-order valence-electron chi connectivity index (χ0n) is 11.0. The lowest BCUT2D eigenvalue weighted by molar-refractivity contribution is 1.40. The van der Waals surface area contributed by atoms with Crippen molar-refractivity contribution in [3.63, 3.8) is 0 Å². The van der Waals surface area contributed by atoms with Gasteiger partial charge in [0.1, 0.15) is 0 Å². The SMILES string of the molecule is ClCc1ccc(/C=C/c2ccnc3ccccc23)cc1. The fourth-order valence-electron chi connectivity index (χ4n) is 2.17. The van der Waals surface area contributed by atoms with Crippen molar-refractivity contribution in [1.29, 1.82) is 0 Å². The van der Waals surface area contributed by atoms with Gasteiger partial charge in [-0.1, -0.05) is 54.6 Å². The standard InChI is InChI=1S/C18H14ClN/c19-13-15-7-5-14(6-8-15)9-10-16-11-12-20-18-4-2-1-3-17(16)18/h1-12H,13H2/b10-9+. The van der Waals surface area contributed by atoms with Crippen LogP contribution in [0, 0.1) is 0 Å². The van der Waals surface area contributed by atoms with Crippen molar-refractivity contribution >= 4 is 34.7 Å². The minimum Gasteiger partial charge on any atom is -0.256 e. The molecule has 0 saturated heterocycles. The van der Waals surface area contributed by atoms with Crippen LogP contribution in [0.4, 0.5) is 0 Å². The molecule has 2 aromatic carbocycles. The van der Waals surface area contributed by atoms with E-state index in [2.05, 4.69) is 47.5 Å². The summed E-state index contributed by atoms with van der Waals surface area (Å²) in [5.74, 6) is 0.555. The lowest BCUT2D eigenvalue weighted by atomic mass is 10.1. The molecular formula is C18H14ClN. The maximum Gasteiger partial charge on any atom is 0.0707 e. The minimum absolute atomic E-state index is 0.555. The quantitative estimate of drug-likeness (QED) is 0.605. The molecule has 3 aromatic rings. The Balaban J connectivity index is 1.93. The number of rotatable bonds is 3. The summed E-state index contributed by atoms with van der Waals surface area (Å²) in [7, 11) is 0. The summed E-state index contributed by atoms with van der Waals surface area (Å²) < 4.78 is 0. The lowest BCUT2D eigenvalue weighted by Gasteiger charge is -2.01. The molecule has 1 nitrogen and oxygen atoms in total. The third-order valence-corrected chi connectivity index (χ3v) is 3.58. The number of nitrogens with zero attached hydrogens (tertiary/aromatic N) is 1. The first-order valence-electron chi connectivity index (χ1n) is 6.53. The lowest BCUT2D eigenvalue weighted by Crippen LogP contribution is -1.82. The van der Waals surface area contributed by atoms with E-state index in [4.69, 9.17) is 11.6 Å². The van der Waals surface area contributed by atoms with Crippen LogP contribution in [0.3, 0.4) is 0 Å². The van der Waals surface area contributed by atoms with Crippen LogP contribution in [0.2, 0.25) is 0 Å². The van der Waals surface area contributed by atoms with Gasteiger partial charge in [0.2, 0.25) is 0 Å². The number of hydrogen-bond acceptors (Lipinski definition) is 1. The van der Waals surface area contributed by atoms with Crippen molar-refractivity contribution in [1.82, 2.24) is 4.98 Å². The summed E-state index contributed by atoms with van der Waals surface area (Å²) in [5.41, 5.74) is 4.50. The average molecular weight is 280 g/mol. The van der Waals surface area contributed by atoms with Gasteiger partial charge in [-0.25, -0.2) is 0 Å². The van der Waals surface area contributed by atoms with Crippen molar-refractivity contribution in [2.24, 2.45) is 0 Å². The number of benzene rings is 2. The molecule has 0 bridgehead atoms. The first-order chi connectivity index (χ1) is 9.86. The minimum atomic E-state index is 0.555. The summed E-state index contributed by atoms with van der Waals surface area (Å²) in [6.07, 6.45) is 6.08. The van der Waals surface area contributed by atoms with Crippen LogP contribution in [0.15, 0.2) is 60.8 Å². The second kappa shape index (κ2) is 5.89. The monoisotopic (exact) mass is 279 g/mol. The van der Waals surface area contributed by atoms with Crippen molar-refractivity contribution in [2.45, 2.75) is 5.88 Å². The van der Waals surface area contributed by atoms with Crippen LogP contribution in [0.25, 0.3) is 23.1 Å². The maximum absolute atomic E-state index is 5.79. The Hall–Kier alpha value is -2.12. The Labute approximate surface area is 123 Å². The first kappa shape index (κ1) is 12.9. The largest absolute Gasteiger partial charge is 0.256 e. The number of hydrogen-bond donors (Lipinski definition) is 0. The summed E-state index contributed by atoms with van der Waals surface area (Å²) in [6.45, 7) is 0. The van der Waals surface area contributed by atoms with Gasteiger partial charge in [-0.15, -0.1) is 11.6 Å². The van der Waals surface area contributed by atoms with Gasteiger partial charge in [-0.05, 0) is 28.8 Å². The van der Waals surface area contributed by atoms with E-state index < -0.39 is 0 Å². The van der Waals surface area contributed by atoms with Gasteiger partial charge in [0, 0.05) is 17.5 Å². The van der Waals surface area contributed by atoms with Gasteiger partial charge in [-0.2, -0.15) is 0 Å². The molecule has 0 atom stereocenters. The Bertz CT molecular complexity index is 739. The maximum atomic E-state index is 5.79. The molecule has 0 N–H and O–H groups in total. The molecule has 0 aliphatic rings. The van der Waals surface area contributed by atoms with E-state index in [1.54, 1.807) is 0 Å². The van der Waals surface area contributed by atoms with Crippen LogP contribution in [0.1, 0.15) is 16.7 Å². The first-order valence-corrected chi connectivity index (χ1v) is 7.07. The van der Waals surface area contributed by atoms with Crippen molar-refractivity contribution in [3.8, 4) is 0 Å². The fraction of sp³-hybridized carbons (Fsp3) is 0.0556. The number of pyridine rings is 1. The van der Waals surface area contributed by atoms with Gasteiger partial charge in [0.05, 0.1) is 5.52 Å². The summed E-state index contributed by atoms with van der Waals surface area (Å²) in [5, 5.41) is 1.17. The number of fused-ring (bicyclic) bond motifs is 1. The molecule has 0 saturated carbocycles. The fourth-order valence-corrected chi connectivity index (χ4v) is 2.35. The van der Waals surface area contributed by atoms with Crippen LogP contribution >= 0.6 is 11.6 Å². The molecule has 0 unspecified atom stereocenters. The Morgan fingerprint density at radius 3 is 2.50 bits per heavy atom. The van der Waals surface area contributed by atoms with E-state index in [1.165, 1.54) is 16.5 Å². The van der Waals surface area contributed by atoms with Gasteiger partial charge in [-0.3, -0.25) is 4.98 Å². The number of alkyl halides is 1. The second-order valence-electron chi connectivity index (χ2n) is 4.63. The highest BCUT2D eigenvalue weighted by molar-refractivity contribution is 6.17. The topological polar surface area (TPSA) is 12.9 Å². The van der Waals surface area contributed by atoms with Crippen molar-refractivity contribution < 1.29 is 0 Å². The van der Waals surface area contributed by atoms with E-state index in [1.807, 2.05) is 30.5 Å². The van der Waals surface area contributed by atoms with Crippen LogP contribution in [-0.2, 0) is 5.88 Å². The third kappa shape index (κ3) is 2.73. The highest BCUT2D eigenvalue weighted by Gasteiger charge is 1.97. The molecule has 0 amide bonds. The van der Waals surface area contributed by atoms with Crippen LogP contribution < -0.4 is 0 Å². The van der Waals surface area contributed by atoms with E-state index in [0.29, 0.717) is 5.88 Å². The Kier molecular flexibility index (Phi) is 3.80. The number of halogens is 1. The van der Waals surface area contributed by atoms with Gasteiger partial charge >= 0.3 is 0 Å². The van der Waals surface area contributed by atoms with E-state index in [0.717, 1.165) is 11.1 Å². The van der Waals surface area contributed by atoms with Gasteiger partial charge in [0.15, 0.2) is 0 Å². The molecule has 1 heterocycles. The van der Waals surface area contributed by atoms with Gasteiger partial charge < -0.3 is 0 Å². The van der Waals surface area contributed by atoms with Crippen LogP contribution in [0.5, 0.6) is 0 Å². The average Bonchev–Trinajstić information content (AvgIpc) is 2.53. The number of aromatic nitrogens is 1. The predicted molar refractivity (Wildman–Crippen MR) is 86.7 cm³/mol. The molecule has 3 rings (SSSR count). The molecule has 20 heavy (non-hydrogen) atoms. The molecule has 98 valence electrons. The normalized spacial score (nSPS) is 11.2. The Morgan fingerprint density at radius 1 is 0.900 bits per heavy atom. The van der Waals surface area contributed by atoms with E-state index in [-0.39, 0.29) is 0 Å². The molecule has 0 spiro atoms. The molecular weight excluding hydrogens is 266 g/mol. The molecule has 0 radical (unpaired) electrons. The third-order valence-electron chi connectivity index (χ3n) is 3.27. The number of para-hydroxylation sites is 1. The summed E-state index contributed by atoms with van der Waals surface area (Å²) in [4.78, 5) is 4.37. The van der Waals surface area contributed by atoms with Crippen LogP contribution in [-0.4, -0.2) is 4.98 Å². The predicted octanol–water partition coefficient (Wildman–Crippen LogP) is 5.14. The molecule has 2 heteroatoms. The molecule has 0 aliphatic heterocycles. The second-order valence-corrected chi connectivity index (χ2v) is 4.89. The highest BCUT2D eigenvalue weighted by atomic mass is 35.5. The Morgan fingerprint density at radius 2 is 1.70 bits per heavy atom. The van der Waals surface area contributed by atoms with E-state index in [9.17, 15) is 0 Å². The molecule has 0 aliphatic carbocycles. The van der Waals surface area contributed by atoms with Crippen molar-refractivity contribution in [3.05, 3.63) is 77.5 Å². The van der Waals surface area contributed by atoms with E-state index >= 15 is 0 Å². The van der Waals surface area contributed by atoms with Crippen molar-refractivity contribution in [2.75, 3.05) is 0 Å². The molecule has 0 fully saturated rings. The highest BCUT2D eigenvalue weighted by Crippen LogP contribution is 2.19. The van der Waals surface area contributed by atoms with Gasteiger partial charge in [0.25, 0.3) is 0 Å². The summed E-state index contributed by atoms with van der Waals surface area (Å²) in [6, 6.07) is 18.5. The molecule has 1 aromatic heterocycles. The summed E-state index contributed by atoms with van der Waals surface area (Å²) >= 11 is 5.79.